The molecule has 0 aliphatic rings. The molecule has 0 atom stereocenters. The van der Waals surface area contributed by atoms with Crippen molar-refractivity contribution in [2.24, 2.45) is 0 Å². The van der Waals surface area contributed by atoms with Gasteiger partial charge in [0.1, 0.15) is 0 Å². The van der Waals surface area contributed by atoms with Crippen LogP contribution in [0.25, 0.3) is 11.4 Å². The molecule has 0 saturated carbocycles. The average molecular weight is 543 g/mol. The van der Waals surface area contributed by atoms with E-state index in [2.05, 4.69) is 9.97 Å². The van der Waals surface area contributed by atoms with Crippen LogP contribution in [0.3, 0.4) is 0 Å². The number of hydrogen-bond donors (Lipinski definition) is 0. The zero-order valence-corrected chi connectivity index (χ0v) is 14.9. The second kappa shape index (κ2) is 7.27. The van der Waals surface area contributed by atoms with Crippen molar-refractivity contribution in [3.05, 3.63) is 47.8 Å². The van der Waals surface area contributed by atoms with Crippen molar-refractivity contribution in [1.29, 1.82) is 0 Å². The Hall–Kier alpha value is -0.990. The van der Waals surface area contributed by atoms with Gasteiger partial charge < -0.3 is 5.48 Å². The topological polar surface area (TPSA) is 55.8 Å². The molecule has 134 valence electrons. The second-order valence-electron chi connectivity index (χ2n) is 4.29. The van der Waals surface area contributed by atoms with Gasteiger partial charge in [-0.05, 0) is 38.1 Å². The van der Waals surface area contributed by atoms with E-state index in [9.17, 15) is 25.2 Å². The number of aryl methyl sites for hydroxylation is 2. The first-order valence-corrected chi connectivity index (χ1v) is 7.68. The molecule has 0 radical (unpaired) electrons. The molecule has 0 unspecified atom stereocenters. The van der Waals surface area contributed by atoms with Crippen LogP contribution in [-0.2, 0) is 22.4 Å². The van der Waals surface area contributed by atoms with Crippen molar-refractivity contribution in [2.75, 3.05) is 0 Å². The Morgan fingerprint density at radius 3 is 1.17 bits per heavy atom. The average Bonchev–Trinajstić information content (AvgIpc) is 2.25. The summed E-state index contributed by atoms with van der Waals surface area (Å²) < 4.78 is 59.2. The van der Waals surface area contributed by atoms with Crippen LogP contribution in [0.5, 0.6) is 0 Å². The number of hydrogen-bond acceptors (Lipinski definition) is 3. The van der Waals surface area contributed by atoms with Crippen molar-refractivity contribution in [3.8, 4) is 11.4 Å². The third-order valence-electron chi connectivity index (χ3n) is 2.04. The van der Waals surface area contributed by atoms with Gasteiger partial charge in [-0.3, -0.25) is 9.97 Å². The normalized spacial score (nSPS) is 13.2. The molecule has 2 aromatic heterocycles. The fourth-order valence-corrected chi connectivity index (χ4v) is 1.37. The van der Waals surface area contributed by atoms with Gasteiger partial charge in [0.05, 0.1) is 11.4 Å². The molecule has 2 aromatic rings. The maximum absolute atomic E-state index is 10.7. The summed E-state index contributed by atoms with van der Waals surface area (Å²) in [5, 5.41) is 0. The number of nitrogens with zero attached hydrogens (tertiary/aromatic N) is 2. The fraction of sp³-hybridized carbons (Fsp3) is 0.167. The van der Waals surface area contributed by atoms with E-state index in [0.29, 0.717) is 0 Å². The molecule has 0 fully saturated rings. The molecule has 0 aliphatic carbocycles. The SMILES string of the molecule is Cc1cccc(-c2cccc(C)n2)n1.F[P-](F)(F)(F)(F)F.[Au+3].[OH-]. The number of pyridine rings is 2. The Balaban J connectivity index is 0. The predicted octanol–water partition coefficient (Wildman–Crippen LogP) is 5.96. The smallest absolute Gasteiger partial charge is 0.870 e. The van der Waals surface area contributed by atoms with Gasteiger partial charge in [0.15, 0.2) is 0 Å². The van der Waals surface area contributed by atoms with Crippen LogP contribution in [0.1, 0.15) is 11.4 Å². The van der Waals surface area contributed by atoms with E-state index in [4.69, 9.17) is 0 Å². The fourth-order valence-electron chi connectivity index (χ4n) is 1.37. The van der Waals surface area contributed by atoms with Gasteiger partial charge in [-0.1, -0.05) is 12.1 Å². The summed E-state index contributed by atoms with van der Waals surface area (Å²) in [5.74, 6) is 0. The second-order valence-corrected chi connectivity index (χ2v) is 6.20. The Morgan fingerprint density at radius 2 is 0.957 bits per heavy atom. The summed E-state index contributed by atoms with van der Waals surface area (Å²) in [7, 11) is -10.7. The monoisotopic (exact) mass is 543 g/mol. The van der Waals surface area contributed by atoms with Crippen LogP contribution in [0.4, 0.5) is 25.2 Å². The number of rotatable bonds is 1. The van der Waals surface area contributed by atoms with Crippen LogP contribution in [-0.4, -0.2) is 15.4 Å². The standard InChI is InChI=1S/C12H12N2.Au.F6P.H2O/c1-9-5-3-7-11(13-9)12-8-4-6-10(2)14-12;;1-7(2,3,4,5)6;/h3-8H,1-2H3;;;1H2/q;+3;-1;/p-1. The molecule has 2 rings (SSSR count). The van der Waals surface area contributed by atoms with Crippen LogP contribution in [0, 0.1) is 13.8 Å². The summed E-state index contributed by atoms with van der Waals surface area (Å²) in [6.45, 7) is 3.97. The minimum absolute atomic E-state index is 0. The largest absolute Gasteiger partial charge is 3.00 e. The van der Waals surface area contributed by atoms with E-state index in [-0.39, 0.29) is 27.9 Å². The zero-order chi connectivity index (χ0) is 16.4. The molecule has 0 aromatic carbocycles. The molecule has 0 aliphatic heterocycles. The van der Waals surface area contributed by atoms with Gasteiger partial charge >= 0.3 is 55.4 Å². The van der Waals surface area contributed by atoms with Crippen LogP contribution < -0.4 is 0 Å². The Morgan fingerprint density at radius 1 is 0.696 bits per heavy atom. The Kier molecular flexibility index (Phi) is 7.67. The molecule has 0 saturated heterocycles. The zero-order valence-electron chi connectivity index (χ0n) is 11.8. The molecule has 0 bridgehead atoms. The van der Waals surface area contributed by atoms with Gasteiger partial charge in [0.2, 0.25) is 0 Å². The number of aromatic nitrogens is 2. The molecule has 0 amide bonds. The third kappa shape index (κ3) is 14.3. The first-order valence-electron chi connectivity index (χ1n) is 5.65. The molecule has 0 spiro atoms. The summed E-state index contributed by atoms with van der Waals surface area (Å²) in [6, 6.07) is 11.9. The van der Waals surface area contributed by atoms with Gasteiger partial charge in [-0.15, -0.1) is 0 Å². The van der Waals surface area contributed by atoms with Crippen LogP contribution in [0.2, 0.25) is 0 Å². The van der Waals surface area contributed by atoms with Crippen molar-refractivity contribution in [1.82, 2.24) is 9.97 Å². The van der Waals surface area contributed by atoms with Gasteiger partial charge in [-0.2, -0.15) is 0 Å². The maximum Gasteiger partial charge on any atom is 3.00 e. The minimum Gasteiger partial charge on any atom is -0.870 e. The van der Waals surface area contributed by atoms with Crippen molar-refractivity contribution in [2.45, 2.75) is 13.8 Å². The van der Waals surface area contributed by atoms with Crippen LogP contribution >= 0.6 is 7.81 Å². The number of halogens is 6. The van der Waals surface area contributed by atoms with Gasteiger partial charge in [-0.25, -0.2) is 0 Å². The van der Waals surface area contributed by atoms with E-state index >= 15 is 0 Å². The predicted molar refractivity (Wildman–Crippen MR) is 72.4 cm³/mol. The quantitative estimate of drug-likeness (QED) is 0.254. The molecule has 3 nitrogen and oxygen atoms in total. The van der Waals surface area contributed by atoms with Crippen LogP contribution in [0.15, 0.2) is 36.4 Å². The van der Waals surface area contributed by atoms with Gasteiger partial charge in [0.25, 0.3) is 0 Å². The van der Waals surface area contributed by atoms with Crippen molar-refractivity contribution < 1.29 is 53.0 Å². The molecular formula is C12H13AuF6N2OP+. The first kappa shape index (κ1) is 24.3. The molecule has 2 heterocycles. The van der Waals surface area contributed by atoms with Crippen molar-refractivity contribution >= 4 is 7.81 Å². The van der Waals surface area contributed by atoms with E-state index in [1.54, 1.807) is 0 Å². The van der Waals surface area contributed by atoms with Gasteiger partial charge in [0, 0.05) is 11.4 Å². The van der Waals surface area contributed by atoms with E-state index in [0.717, 1.165) is 22.8 Å². The molecular weight excluding hydrogens is 530 g/mol. The first-order chi connectivity index (χ1) is 9.20. The molecule has 11 heteroatoms. The molecule has 1 N–H and O–H groups in total. The summed E-state index contributed by atoms with van der Waals surface area (Å²) >= 11 is 0. The van der Waals surface area contributed by atoms with E-state index in [1.807, 2.05) is 50.2 Å². The Bertz CT molecular complexity index is 596. The van der Waals surface area contributed by atoms with E-state index in [1.165, 1.54) is 0 Å². The Labute approximate surface area is 144 Å². The molecule has 23 heavy (non-hydrogen) atoms. The third-order valence-corrected chi connectivity index (χ3v) is 2.04. The maximum atomic E-state index is 9.87. The summed E-state index contributed by atoms with van der Waals surface area (Å²) in [4.78, 5) is 8.84. The van der Waals surface area contributed by atoms with E-state index < -0.39 is 7.81 Å². The van der Waals surface area contributed by atoms with Crippen molar-refractivity contribution in [3.63, 3.8) is 0 Å². The minimum atomic E-state index is -10.7. The summed E-state index contributed by atoms with van der Waals surface area (Å²) in [5.41, 5.74) is 3.92. The summed E-state index contributed by atoms with van der Waals surface area (Å²) in [6.07, 6.45) is 0.